The lowest BCUT2D eigenvalue weighted by Crippen LogP contribution is -2.39. The zero-order valence-corrected chi connectivity index (χ0v) is 10.7. The SMILES string of the molecule is COC(=O)NCCN1C(=O)[C@@H]2[C@@H](C1=O)[C@H]1C=C[C@H]2C1. The van der Waals surface area contributed by atoms with Crippen LogP contribution in [-0.4, -0.2) is 43.0 Å². The van der Waals surface area contributed by atoms with E-state index in [9.17, 15) is 14.4 Å². The molecule has 0 aromatic carbocycles. The molecule has 4 atom stereocenters. The average molecular weight is 264 g/mol. The van der Waals surface area contributed by atoms with Crippen molar-refractivity contribution in [1.82, 2.24) is 10.2 Å². The van der Waals surface area contributed by atoms with Crippen LogP contribution in [0.2, 0.25) is 0 Å². The molecule has 6 heteroatoms. The zero-order valence-electron chi connectivity index (χ0n) is 10.7. The summed E-state index contributed by atoms with van der Waals surface area (Å²) in [6.07, 6.45) is 4.50. The molecule has 1 saturated heterocycles. The second-order valence-corrected chi connectivity index (χ2v) is 5.25. The first-order valence-electron chi connectivity index (χ1n) is 6.49. The number of carbonyl (C=O) groups excluding carboxylic acids is 3. The highest BCUT2D eigenvalue weighted by Gasteiger charge is 2.58. The maximum absolute atomic E-state index is 12.3. The van der Waals surface area contributed by atoms with Gasteiger partial charge in [0, 0.05) is 13.1 Å². The Hall–Kier alpha value is -1.85. The minimum absolute atomic E-state index is 0.0847. The van der Waals surface area contributed by atoms with E-state index in [1.165, 1.54) is 12.0 Å². The second kappa shape index (κ2) is 4.36. The highest BCUT2D eigenvalue weighted by atomic mass is 16.5. The Balaban J connectivity index is 1.64. The number of likely N-dealkylation sites (tertiary alicyclic amines) is 1. The normalized spacial score (nSPS) is 34.9. The van der Waals surface area contributed by atoms with Crippen molar-refractivity contribution in [1.29, 1.82) is 0 Å². The molecule has 0 radical (unpaired) electrons. The van der Waals surface area contributed by atoms with Crippen LogP contribution in [-0.2, 0) is 14.3 Å². The van der Waals surface area contributed by atoms with Crippen LogP contribution in [0.5, 0.6) is 0 Å². The van der Waals surface area contributed by atoms with E-state index in [4.69, 9.17) is 0 Å². The van der Waals surface area contributed by atoms with Gasteiger partial charge in [-0.3, -0.25) is 14.5 Å². The van der Waals surface area contributed by atoms with Gasteiger partial charge in [-0.25, -0.2) is 4.79 Å². The van der Waals surface area contributed by atoms with Crippen molar-refractivity contribution in [3.63, 3.8) is 0 Å². The third kappa shape index (κ3) is 1.74. The Kier molecular flexibility index (Phi) is 2.80. The van der Waals surface area contributed by atoms with Crippen molar-refractivity contribution < 1.29 is 19.1 Å². The number of imide groups is 1. The van der Waals surface area contributed by atoms with E-state index in [1.807, 2.05) is 0 Å². The van der Waals surface area contributed by atoms with Gasteiger partial charge in [-0.15, -0.1) is 0 Å². The zero-order chi connectivity index (χ0) is 13.6. The molecule has 1 saturated carbocycles. The summed E-state index contributed by atoms with van der Waals surface area (Å²) in [5.41, 5.74) is 0. The summed E-state index contributed by atoms with van der Waals surface area (Å²) >= 11 is 0. The number of ether oxygens (including phenoxy) is 1. The number of hydrogen-bond acceptors (Lipinski definition) is 4. The monoisotopic (exact) mass is 264 g/mol. The fourth-order valence-corrected chi connectivity index (χ4v) is 3.53. The Morgan fingerprint density at radius 2 is 1.89 bits per heavy atom. The van der Waals surface area contributed by atoms with Crippen molar-refractivity contribution in [2.45, 2.75) is 6.42 Å². The van der Waals surface area contributed by atoms with Crippen molar-refractivity contribution in [2.75, 3.05) is 20.2 Å². The number of rotatable bonds is 3. The van der Waals surface area contributed by atoms with E-state index in [1.54, 1.807) is 0 Å². The first-order valence-corrected chi connectivity index (χ1v) is 6.49. The van der Waals surface area contributed by atoms with Gasteiger partial charge < -0.3 is 10.1 Å². The molecule has 2 aliphatic carbocycles. The molecule has 19 heavy (non-hydrogen) atoms. The maximum atomic E-state index is 12.3. The van der Waals surface area contributed by atoms with Crippen LogP contribution in [0.3, 0.4) is 0 Å². The van der Waals surface area contributed by atoms with E-state index < -0.39 is 6.09 Å². The molecule has 2 bridgehead atoms. The molecule has 1 aliphatic heterocycles. The molecule has 102 valence electrons. The van der Waals surface area contributed by atoms with Crippen molar-refractivity contribution in [2.24, 2.45) is 23.7 Å². The van der Waals surface area contributed by atoms with Gasteiger partial charge in [0.05, 0.1) is 18.9 Å². The van der Waals surface area contributed by atoms with Gasteiger partial charge in [0.15, 0.2) is 0 Å². The number of alkyl carbamates (subject to hydrolysis) is 1. The quantitative estimate of drug-likeness (QED) is 0.581. The summed E-state index contributed by atoms with van der Waals surface area (Å²) in [5, 5.41) is 2.48. The number of nitrogens with zero attached hydrogens (tertiary/aromatic N) is 1. The summed E-state index contributed by atoms with van der Waals surface area (Å²) in [5.74, 6) is -0.0479. The fraction of sp³-hybridized carbons (Fsp3) is 0.615. The van der Waals surface area contributed by atoms with E-state index in [0.29, 0.717) is 0 Å². The number of methoxy groups -OCH3 is 1. The first-order chi connectivity index (χ1) is 9.13. The average Bonchev–Trinajstić information content (AvgIpc) is 3.07. The van der Waals surface area contributed by atoms with E-state index >= 15 is 0 Å². The van der Waals surface area contributed by atoms with E-state index in [2.05, 4.69) is 22.2 Å². The molecule has 0 aromatic heterocycles. The predicted molar refractivity (Wildman–Crippen MR) is 64.8 cm³/mol. The third-order valence-corrected chi connectivity index (χ3v) is 4.35. The van der Waals surface area contributed by atoms with Crippen LogP contribution in [0.1, 0.15) is 6.42 Å². The van der Waals surface area contributed by atoms with Crippen LogP contribution < -0.4 is 5.32 Å². The molecule has 3 rings (SSSR count). The van der Waals surface area contributed by atoms with E-state index in [-0.39, 0.29) is 48.6 Å². The highest BCUT2D eigenvalue weighted by Crippen LogP contribution is 2.52. The van der Waals surface area contributed by atoms with Crippen LogP contribution in [0.15, 0.2) is 12.2 Å². The van der Waals surface area contributed by atoms with Crippen LogP contribution >= 0.6 is 0 Å². The minimum atomic E-state index is -0.555. The summed E-state index contributed by atoms with van der Waals surface area (Å²) in [6, 6.07) is 0. The molecular weight excluding hydrogens is 248 g/mol. The van der Waals surface area contributed by atoms with E-state index in [0.717, 1.165) is 6.42 Å². The lowest BCUT2D eigenvalue weighted by atomic mass is 9.85. The molecule has 3 amide bonds. The molecule has 1 heterocycles. The standard InChI is InChI=1S/C13H16N2O4/c1-19-13(18)14-4-5-15-11(16)9-7-2-3-8(6-7)10(9)12(15)17/h2-3,7-10H,4-6H2,1H3,(H,14,18)/t7-,8-,9-,10-/m0/s1. The summed E-state index contributed by atoms with van der Waals surface area (Å²) in [7, 11) is 1.27. The van der Waals surface area contributed by atoms with Crippen molar-refractivity contribution in [3.8, 4) is 0 Å². The van der Waals surface area contributed by atoms with Crippen LogP contribution in [0.4, 0.5) is 4.79 Å². The molecule has 0 spiro atoms. The lowest BCUT2D eigenvalue weighted by molar-refractivity contribution is -0.140. The Labute approximate surface area is 110 Å². The molecule has 3 aliphatic rings. The highest BCUT2D eigenvalue weighted by molar-refractivity contribution is 6.06. The Morgan fingerprint density at radius 1 is 1.32 bits per heavy atom. The van der Waals surface area contributed by atoms with Crippen molar-refractivity contribution >= 4 is 17.9 Å². The largest absolute Gasteiger partial charge is 0.453 e. The number of amides is 3. The van der Waals surface area contributed by atoms with Crippen molar-refractivity contribution in [3.05, 3.63) is 12.2 Å². The van der Waals surface area contributed by atoms with Gasteiger partial charge in [0.2, 0.25) is 11.8 Å². The number of hydrogen-bond donors (Lipinski definition) is 1. The molecular formula is C13H16N2O4. The summed E-state index contributed by atoms with van der Waals surface area (Å²) < 4.78 is 4.44. The Morgan fingerprint density at radius 3 is 2.42 bits per heavy atom. The molecule has 2 fully saturated rings. The third-order valence-electron chi connectivity index (χ3n) is 4.35. The fourth-order valence-electron chi connectivity index (χ4n) is 3.53. The molecule has 1 N–H and O–H groups in total. The number of allylic oxidation sites excluding steroid dienone is 2. The summed E-state index contributed by atoms with van der Waals surface area (Å²) in [6.45, 7) is 0.450. The van der Waals surface area contributed by atoms with Gasteiger partial charge in [-0.1, -0.05) is 12.2 Å². The Bertz CT molecular complexity index is 443. The minimum Gasteiger partial charge on any atom is -0.453 e. The van der Waals surface area contributed by atoms with Gasteiger partial charge in [-0.05, 0) is 18.3 Å². The van der Waals surface area contributed by atoms with Gasteiger partial charge in [-0.2, -0.15) is 0 Å². The lowest BCUT2D eigenvalue weighted by Gasteiger charge is -2.17. The number of carbonyl (C=O) groups is 3. The second-order valence-electron chi connectivity index (χ2n) is 5.25. The number of fused-ring (bicyclic) bond motifs is 5. The van der Waals surface area contributed by atoms with Gasteiger partial charge in [0.25, 0.3) is 0 Å². The first kappa shape index (κ1) is 12.2. The molecule has 0 aromatic rings. The van der Waals surface area contributed by atoms with Crippen LogP contribution in [0.25, 0.3) is 0 Å². The number of nitrogens with one attached hydrogen (secondary N) is 1. The smallest absolute Gasteiger partial charge is 0.406 e. The molecule has 0 unspecified atom stereocenters. The van der Waals surface area contributed by atoms with Gasteiger partial charge >= 0.3 is 6.09 Å². The maximum Gasteiger partial charge on any atom is 0.406 e. The van der Waals surface area contributed by atoms with Crippen LogP contribution in [0, 0.1) is 23.7 Å². The topological polar surface area (TPSA) is 75.7 Å². The predicted octanol–water partition coefficient (Wildman–Crippen LogP) is 0.149. The van der Waals surface area contributed by atoms with Gasteiger partial charge in [0.1, 0.15) is 0 Å². The molecule has 6 nitrogen and oxygen atoms in total. The summed E-state index contributed by atoms with van der Waals surface area (Å²) in [4.78, 5) is 36.7.